The van der Waals surface area contributed by atoms with Gasteiger partial charge in [0.25, 0.3) is 5.92 Å². The molecule has 3 rings (SSSR count). The van der Waals surface area contributed by atoms with Crippen molar-refractivity contribution in [1.29, 1.82) is 0 Å². The largest absolute Gasteiger partial charge is 0.464 e. The van der Waals surface area contributed by atoms with E-state index in [1.165, 1.54) is 27.0 Å². The van der Waals surface area contributed by atoms with Crippen LogP contribution in [0.3, 0.4) is 0 Å². The third-order valence-corrected chi connectivity index (χ3v) is 4.85. The van der Waals surface area contributed by atoms with Crippen LogP contribution in [0.15, 0.2) is 33.7 Å². The predicted molar refractivity (Wildman–Crippen MR) is 95.4 cm³/mol. The van der Waals surface area contributed by atoms with Gasteiger partial charge >= 0.3 is 0 Å². The van der Waals surface area contributed by atoms with Crippen molar-refractivity contribution in [3.8, 4) is 0 Å². The number of aromatic nitrogens is 2. The van der Waals surface area contributed by atoms with Crippen molar-refractivity contribution in [3.63, 3.8) is 0 Å². The van der Waals surface area contributed by atoms with Gasteiger partial charge in [-0.1, -0.05) is 39.8 Å². The number of hydrogen-bond acceptors (Lipinski definition) is 4. The summed E-state index contributed by atoms with van der Waals surface area (Å²) in [6, 6.07) is 1.74. The van der Waals surface area contributed by atoms with Crippen molar-refractivity contribution < 1.29 is 17.7 Å². The van der Waals surface area contributed by atoms with Gasteiger partial charge in [0, 0.05) is 34.3 Å². The first kappa shape index (κ1) is 18.5. The molecule has 4 nitrogen and oxygen atoms in total. The summed E-state index contributed by atoms with van der Waals surface area (Å²) in [7, 11) is 0. The van der Waals surface area contributed by atoms with Crippen LogP contribution in [0.5, 0.6) is 0 Å². The van der Waals surface area contributed by atoms with Crippen molar-refractivity contribution in [2.24, 2.45) is 5.41 Å². The summed E-state index contributed by atoms with van der Waals surface area (Å²) in [5, 5.41) is 4.36. The smallest absolute Gasteiger partial charge is 0.281 e. The van der Waals surface area contributed by atoms with Crippen molar-refractivity contribution in [2.75, 3.05) is 0 Å². The van der Waals surface area contributed by atoms with E-state index in [4.69, 9.17) is 8.94 Å². The van der Waals surface area contributed by atoms with E-state index < -0.39 is 11.3 Å². The van der Waals surface area contributed by atoms with Crippen LogP contribution >= 0.6 is 0 Å². The van der Waals surface area contributed by atoms with Gasteiger partial charge in [0.1, 0.15) is 18.1 Å². The van der Waals surface area contributed by atoms with Gasteiger partial charge < -0.3 is 8.94 Å². The normalized spacial score (nSPS) is 14.1. The Balaban J connectivity index is 1.90. The molecule has 26 heavy (non-hydrogen) atoms. The first-order valence-corrected chi connectivity index (χ1v) is 8.82. The monoisotopic (exact) mass is 362 g/mol. The minimum atomic E-state index is -3.01. The van der Waals surface area contributed by atoms with E-state index >= 15 is 0 Å². The van der Waals surface area contributed by atoms with Crippen molar-refractivity contribution in [2.45, 2.75) is 59.3 Å². The first-order valence-electron chi connectivity index (χ1n) is 8.82. The topological polar surface area (TPSA) is 52.1 Å². The summed E-state index contributed by atoms with van der Waals surface area (Å²) < 4.78 is 39.9. The summed E-state index contributed by atoms with van der Waals surface area (Å²) in [6.07, 6.45) is 5.75. The van der Waals surface area contributed by atoms with E-state index in [0.29, 0.717) is 17.4 Å². The molecule has 1 atom stereocenters. The molecule has 0 N–H and O–H groups in total. The fraction of sp³-hybridized carbons (Fsp3) is 0.500. The Kier molecular flexibility index (Phi) is 4.63. The van der Waals surface area contributed by atoms with Crippen LogP contribution in [-0.2, 0) is 18.8 Å². The summed E-state index contributed by atoms with van der Waals surface area (Å²) in [5.74, 6) is -2.85. The van der Waals surface area contributed by atoms with Gasteiger partial charge in [-0.2, -0.15) is 0 Å². The summed E-state index contributed by atoms with van der Waals surface area (Å²) >= 11 is 0. The Labute approximate surface area is 151 Å². The second kappa shape index (κ2) is 6.49. The summed E-state index contributed by atoms with van der Waals surface area (Å²) in [5.41, 5.74) is 1.88. The highest BCUT2D eigenvalue weighted by Crippen LogP contribution is 2.47. The highest BCUT2D eigenvalue weighted by atomic mass is 19.3. The molecule has 1 unspecified atom stereocenters. The van der Waals surface area contributed by atoms with Gasteiger partial charge in [-0.3, -0.25) is 4.98 Å². The lowest BCUT2D eigenvalue weighted by Gasteiger charge is -2.29. The molecule has 3 aromatic rings. The predicted octanol–water partition coefficient (Wildman–Crippen LogP) is 5.86. The van der Waals surface area contributed by atoms with Crippen LogP contribution in [0.2, 0.25) is 0 Å². The molecule has 0 spiro atoms. The molecule has 3 aromatic heterocycles. The Hall–Kier alpha value is -2.24. The quantitative estimate of drug-likeness (QED) is 0.570. The number of furan rings is 1. The van der Waals surface area contributed by atoms with Crippen LogP contribution in [0.4, 0.5) is 8.78 Å². The van der Waals surface area contributed by atoms with Crippen LogP contribution < -0.4 is 0 Å². The van der Waals surface area contributed by atoms with Crippen LogP contribution in [0.25, 0.3) is 11.0 Å². The van der Waals surface area contributed by atoms with E-state index in [1.807, 2.05) is 6.92 Å². The maximum Gasteiger partial charge on any atom is 0.281 e. The van der Waals surface area contributed by atoms with Gasteiger partial charge in [-0.05, 0) is 18.8 Å². The van der Waals surface area contributed by atoms with E-state index in [2.05, 4.69) is 17.1 Å². The average molecular weight is 362 g/mol. The SMILES string of the molecule is CCc1nocc1C(C)Cc1cc2occ(C(F)(F)C(C)(C)C)c2cn1. The molecule has 3 heterocycles. The highest BCUT2D eigenvalue weighted by Gasteiger charge is 2.46. The summed E-state index contributed by atoms with van der Waals surface area (Å²) in [6.45, 7) is 8.63. The Morgan fingerprint density at radius 1 is 1.19 bits per heavy atom. The van der Waals surface area contributed by atoms with Gasteiger partial charge in [-0.15, -0.1) is 0 Å². The zero-order chi connectivity index (χ0) is 19.1. The summed E-state index contributed by atoms with van der Waals surface area (Å²) in [4.78, 5) is 4.40. The number of hydrogen-bond donors (Lipinski definition) is 0. The van der Waals surface area contributed by atoms with Gasteiger partial charge in [0.2, 0.25) is 0 Å². The van der Waals surface area contributed by atoms with E-state index in [9.17, 15) is 8.78 Å². The number of nitrogens with zero attached hydrogens (tertiary/aromatic N) is 2. The van der Waals surface area contributed by atoms with Crippen LogP contribution in [0.1, 0.15) is 63.1 Å². The maximum absolute atomic E-state index is 14.7. The lowest BCUT2D eigenvalue weighted by Crippen LogP contribution is -2.30. The molecule has 0 saturated heterocycles. The molecule has 0 aromatic carbocycles. The molecule has 0 amide bonds. The van der Waals surface area contributed by atoms with Crippen molar-refractivity contribution >= 4 is 11.0 Å². The zero-order valence-electron chi connectivity index (χ0n) is 15.8. The van der Waals surface area contributed by atoms with Crippen molar-refractivity contribution in [1.82, 2.24) is 10.1 Å². The number of halogens is 2. The molecule has 0 aliphatic heterocycles. The first-order chi connectivity index (χ1) is 12.1. The molecule has 6 heteroatoms. The maximum atomic E-state index is 14.7. The molecule has 140 valence electrons. The highest BCUT2D eigenvalue weighted by molar-refractivity contribution is 5.81. The fourth-order valence-corrected chi connectivity index (χ4v) is 3.08. The molecular formula is C20H24F2N2O2. The van der Waals surface area contributed by atoms with E-state index in [0.717, 1.165) is 29.6 Å². The Morgan fingerprint density at radius 2 is 1.92 bits per heavy atom. The standard InChI is InChI=1S/C20H24F2N2O2/c1-6-17-15(10-26-24-17)12(2)7-13-8-18-14(9-23-13)16(11-25-18)20(21,22)19(3,4)5/h8-12H,6-7H2,1-5H3. The number of pyridine rings is 1. The van der Waals surface area contributed by atoms with Crippen LogP contribution in [0, 0.1) is 5.41 Å². The third-order valence-electron chi connectivity index (χ3n) is 4.85. The van der Waals surface area contributed by atoms with Gasteiger partial charge in [0.05, 0.1) is 11.3 Å². The van der Waals surface area contributed by atoms with Gasteiger partial charge in [0.15, 0.2) is 0 Å². The third kappa shape index (κ3) is 3.13. The molecule has 0 aliphatic rings. The van der Waals surface area contributed by atoms with E-state index in [-0.39, 0.29) is 11.5 Å². The second-order valence-electron chi connectivity index (χ2n) is 7.82. The lowest BCUT2D eigenvalue weighted by molar-refractivity contribution is -0.103. The molecule has 0 saturated carbocycles. The fourth-order valence-electron chi connectivity index (χ4n) is 3.08. The van der Waals surface area contributed by atoms with Gasteiger partial charge in [-0.25, -0.2) is 8.78 Å². The Bertz CT molecular complexity index is 906. The molecular weight excluding hydrogens is 338 g/mol. The number of rotatable bonds is 5. The zero-order valence-corrected chi connectivity index (χ0v) is 15.8. The average Bonchev–Trinajstić information content (AvgIpc) is 3.20. The van der Waals surface area contributed by atoms with Crippen molar-refractivity contribution in [3.05, 3.63) is 47.3 Å². The lowest BCUT2D eigenvalue weighted by atomic mass is 9.83. The van der Waals surface area contributed by atoms with Crippen LogP contribution in [-0.4, -0.2) is 10.1 Å². The number of fused-ring (bicyclic) bond motifs is 1. The van der Waals surface area contributed by atoms with E-state index in [1.54, 1.807) is 12.3 Å². The minimum Gasteiger partial charge on any atom is -0.464 e. The number of aryl methyl sites for hydroxylation is 1. The molecule has 0 bridgehead atoms. The Morgan fingerprint density at radius 3 is 2.58 bits per heavy atom. The minimum absolute atomic E-state index is 0.112. The molecule has 0 aliphatic carbocycles. The molecule has 0 fully saturated rings. The second-order valence-corrected chi connectivity index (χ2v) is 7.82. The number of alkyl halides is 2. The molecule has 0 radical (unpaired) electrons.